The fraction of sp³-hybridized carbons (Fsp3) is 0.476. The highest BCUT2D eigenvalue weighted by Crippen LogP contribution is 2.62. The van der Waals surface area contributed by atoms with Gasteiger partial charge in [-0.2, -0.15) is 0 Å². The molecule has 0 bridgehead atoms. The van der Waals surface area contributed by atoms with Crippen molar-refractivity contribution >= 4 is 16.7 Å². The summed E-state index contributed by atoms with van der Waals surface area (Å²) < 4.78 is 5.26. The number of carbonyl (C=O) groups is 1. The van der Waals surface area contributed by atoms with E-state index in [1.54, 1.807) is 7.11 Å². The molecule has 0 radical (unpaired) electrons. The second kappa shape index (κ2) is 6.25. The number of benzene rings is 2. The van der Waals surface area contributed by atoms with Crippen molar-refractivity contribution in [3.05, 3.63) is 42.0 Å². The molecular formula is C21H25NO4. The SMILES string of the molecule is COc1ccc2cc([C@H](C)C(=O)N3CC4C(C3)C4(CO)CO)ccc2c1. The molecule has 138 valence electrons. The average Bonchev–Trinajstić information content (AvgIpc) is 3.04. The van der Waals surface area contributed by atoms with E-state index in [2.05, 4.69) is 6.07 Å². The van der Waals surface area contributed by atoms with Gasteiger partial charge in [-0.25, -0.2) is 0 Å². The van der Waals surface area contributed by atoms with Crippen LogP contribution in [0.4, 0.5) is 0 Å². The second-order valence-electron chi connectivity index (χ2n) is 7.70. The summed E-state index contributed by atoms with van der Waals surface area (Å²) in [5, 5.41) is 21.3. The van der Waals surface area contributed by atoms with E-state index in [0.717, 1.165) is 22.1 Å². The zero-order chi connectivity index (χ0) is 18.5. The third-order valence-electron chi connectivity index (χ3n) is 6.53. The van der Waals surface area contributed by atoms with Crippen LogP contribution in [0.5, 0.6) is 5.75 Å². The smallest absolute Gasteiger partial charge is 0.229 e. The Kier molecular flexibility index (Phi) is 4.16. The quantitative estimate of drug-likeness (QED) is 0.861. The predicted molar refractivity (Wildman–Crippen MR) is 99.1 cm³/mol. The third-order valence-corrected chi connectivity index (χ3v) is 6.53. The van der Waals surface area contributed by atoms with Crippen molar-refractivity contribution in [1.29, 1.82) is 0 Å². The number of ether oxygens (including phenoxy) is 1. The lowest BCUT2D eigenvalue weighted by Gasteiger charge is -2.27. The third kappa shape index (κ3) is 2.49. The summed E-state index contributed by atoms with van der Waals surface area (Å²) in [6, 6.07) is 12.0. The van der Waals surface area contributed by atoms with Crippen molar-refractivity contribution in [2.45, 2.75) is 12.8 Å². The molecule has 1 aliphatic carbocycles. The van der Waals surface area contributed by atoms with Crippen molar-refractivity contribution in [2.24, 2.45) is 17.3 Å². The first-order valence-electron chi connectivity index (χ1n) is 9.12. The number of piperidine rings is 1. The predicted octanol–water partition coefficient (Wildman–Crippen LogP) is 2.01. The number of aliphatic hydroxyl groups excluding tert-OH is 2. The van der Waals surface area contributed by atoms with Gasteiger partial charge in [-0.3, -0.25) is 4.79 Å². The van der Waals surface area contributed by atoms with Gasteiger partial charge < -0.3 is 19.8 Å². The number of amides is 1. The molecule has 2 N–H and O–H groups in total. The van der Waals surface area contributed by atoms with Crippen molar-refractivity contribution in [1.82, 2.24) is 4.90 Å². The molecule has 26 heavy (non-hydrogen) atoms. The molecule has 2 unspecified atom stereocenters. The van der Waals surface area contributed by atoms with Crippen LogP contribution in [0.3, 0.4) is 0 Å². The number of methoxy groups -OCH3 is 1. The molecule has 1 aliphatic heterocycles. The fourth-order valence-corrected chi connectivity index (χ4v) is 4.59. The van der Waals surface area contributed by atoms with Crippen LogP contribution < -0.4 is 4.74 Å². The number of hydrogen-bond donors (Lipinski definition) is 2. The Balaban J connectivity index is 1.49. The van der Waals surface area contributed by atoms with Gasteiger partial charge in [0.1, 0.15) is 5.75 Å². The maximum atomic E-state index is 12.9. The van der Waals surface area contributed by atoms with Crippen LogP contribution in [-0.2, 0) is 4.79 Å². The first-order chi connectivity index (χ1) is 12.5. The van der Waals surface area contributed by atoms with Gasteiger partial charge in [0, 0.05) is 18.5 Å². The molecule has 1 saturated heterocycles. The lowest BCUT2D eigenvalue weighted by atomic mass is 9.95. The maximum Gasteiger partial charge on any atom is 0.229 e. The van der Waals surface area contributed by atoms with E-state index in [1.807, 2.05) is 42.2 Å². The van der Waals surface area contributed by atoms with Gasteiger partial charge in [0.2, 0.25) is 5.91 Å². The Labute approximate surface area is 153 Å². The molecule has 3 atom stereocenters. The lowest BCUT2D eigenvalue weighted by Crippen LogP contribution is -2.38. The van der Waals surface area contributed by atoms with E-state index in [0.29, 0.717) is 13.1 Å². The Morgan fingerprint density at radius 1 is 1.15 bits per heavy atom. The summed E-state index contributed by atoms with van der Waals surface area (Å²) in [5.41, 5.74) is 0.644. The molecule has 5 heteroatoms. The van der Waals surface area contributed by atoms with Crippen LogP contribution in [0.15, 0.2) is 36.4 Å². The topological polar surface area (TPSA) is 70.0 Å². The second-order valence-corrected chi connectivity index (χ2v) is 7.70. The lowest BCUT2D eigenvalue weighted by molar-refractivity contribution is -0.132. The standard InChI is InChI=1S/C21H25NO4/c1-13(14-3-4-16-8-17(26-2)6-5-15(16)7-14)20(25)22-9-18-19(10-22)21(18,11-23)12-24/h3-8,13,18-19,23-24H,9-12H2,1-2H3/t13-,18?,19?/m0/s1. The maximum absolute atomic E-state index is 12.9. The molecule has 1 heterocycles. The monoisotopic (exact) mass is 355 g/mol. The van der Waals surface area contributed by atoms with Crippen LogP contribution >= 0.6 is 0 Å². The van der Waals surface area contributed by atoms with E-state index in [-0.39, 0.29) is 42.3 Å². The number of carbonyl (C=O) groups excluding carboxylic acids is 1. The Morgan fingerprint density at radius 2 is 1.77 bits per heavy atom. The number of likely N-dealkylation sites (tertiary alicyclic amines) is 1. The number of fused-ring (bicyclic) bond motifs is 2. The van der Waals surface area contributed by atoms with Gasteiger partial charge >= 0.3 is 0 Å². The molecule has 0 aromatic heterocycles. The summed E-state index contributed by atoms with van der Waals surface area (Å²) >= 11 is 0. The summed E-state index contributed by atoms with van der Waals surface area (Å²) in [7, 11) is 1.65. The van der Waals surface area contributed by atoms with E-state index < -0.39 is 0 Å². The van der Waals surface area contributed by atoms with E-state index in [9.17, 15) is 15.0 Å². The molecule has 1 amide bonds. The first kappa shape index (κ1) is 17.3. The molecule has 5 nitrogen and oxygen atoms in total. The number of hydrogen-bond acceptors (Lipinski definition) is 4. The minimum Gasteiger partial charge on any atom is -0.497 e. The van der Waals surface area contributed by atoms with Crippen molar-refractivity contribution in [3.8, 4) is 5.75 Å². The van der Waals surface area contributed by atoms with Gasteiger partial charge in [0.15, 0.2) is 0 Å². The van der Waals surface area contributed by atoms with Gasteiger partial charge in [0.25, 0.3) is 0 Å². The van der Waals surface area contributed by atoms with Crippen LogP contribution in [0.25, 0.3) is 10.8 Å². The first-order valence-corrected chi connectivity index (χ1v) is 9.12. The molecule has 2 aromatic carbocycles. The summed E-state index contributed by atoms with van der Waals surface area (Å²) in [4.78, 5) is 14.8. The fourth-order valence-electron chi connectivity index (χ4n) is 4.59. The number of aliphatic hydroxyl groups is 2. The number of rotatable bonds is 5. The summed E-state index contributed by atoms with van der Waals surface area (Å²) in [6.45, 7) is 3.23. The Bertz CT molecular complexity index is 831. The van der Waals surface area contributed by atoms with E-state index in [4.69, 9.17) is 4.74 Å². The van der Waals surface area contributed by atoms with Crippen molar-refractivity contribution < 1.29 is 19.7 Å². The van der Waals surface area contributed by atoms with Crippen molar-refractivity contribution in [2.75, 3.05) is 33.4 Å². The Hall–Kier alpha value is -2.11. The Morgan fingerprint density at radius 3 is 2.38 bits per heavy atom. The van der Waals surface area contributed by atoms with E-state index >= 15 is 0 Å². The van der Waals surface area contributed by atoms with Gasteiger partial charge in [0.05, 0.1) is 26.2 Å². The summed E-state index contributed by atoms with van der Waals surface area (Å²) in [5.74, 6) is 1.20. The summed E-state index contributed by atoms with van der Waals surface area (Å²) in [6.07, 6.45) is 0. The van der Waals surface area contributed by atoms with Gasteiger partial charge in [-0.05, 0) is 47.2 Å². The van der Waals surface area contributed by atoms with Crippen LogP contribution in [0, 0.1) is 17.3 Å². The van der Waals surface area contributed by atoms with Crippen LogP contribution in [0.2, 0.25) is 0 Å². The van der Waals surface area contributed by atoms with Gasteiger partial charge in [-0.15, -0.1) is 0 Å². The minimum absolute atomic E-state index is 0.00452. The van der Waals surface area contributed by atoms with Crippen LogP contribution in [0.1, 0.15) is 18.4 Å². The largest absolute Gasteiger partial charge is 0.497 e. The molecule has 0 spiro atoms. The zero-order valence-corrected chi connectivity index (χ0v) is 15.2. The molecular weight excluding hydrogens is 330 g/mol. The molecule has 2 aromatic rings. The van der Waals surface area contributed by atoms with Gasteiger partial charge in [-0.1, -0.05) is 24.3 Å². The highest BCUT2D eigenvalue weighted by molar-refractivity contribution is 5.88. The minimum atomic E-state index is -0.359. The van der Waals surface area contributed by atoms with Crippen molar-refractivity contribution in [3.63, 3.8) is 0 Å². The number of nitrogens with zero attached hydrogens (tertiary/aromatic N) is 1. The average molecular weight is 355 g/mol. The molecule has 2 fully saturated rings. The highest BCUT2D eigenvalue weighted by atomic mass is 16.5. The van der Waals surface area contributed by atoms with Crippen LogP contribution in [-0.4, -0.2) is 54.4 Å². The molecule has 1 saturated carbocycles. The zero-order valence-electron chi connectivity index (χ0n) is 15.2. The molecule has 2 aliphatic rings. The highest BCUT2D eigenvalue weighted by Gasteiger charge is 2.68. The van der Waals surface area contributed by atoms with E-state index in [1.165, 1.54) is 0 Å². The normalized spacial score (nSPS) is 24.4. The molecule has 4 rings (SSSR count).